The molecule has 1 fully saturated rings. The van der Waals surface area contributed by atoms with Crippen molar-refractivity contribution in [3.05, 3.63) is 63.9 Å². The van der Waals surface area contributed by atoms with Gasteiger partial charge in [0.1, 0.15) is 28.6 Å². The number of methoxy groups -OCH3 is 1. The average molecular weight is 620 g/mol. The second kappa shape index (κ2) is 12.0. The van der Waals surface area contributed by atoms with Crippen LogP contribution in [-0.4, -0.2) is 82.7 Å². The number of phenols is 1. The summed E-state index contributed by atoms with van der Waals surface area (Å²) in [7, 11) is 5.57. The van der Waals surface area contributed by atoms with E-state index in [1.165, 1.54) is 6.07 Å². The van der Waals surface area contributed by atoms with E-state index in [1.54, 1.807) is 27.0 Å². The van der Waals surface area contributed by atoms with Gasteiger partial charge in [-0.2, -0.15) is 0 Å². The number of aliphatic hydroxyl groups excluding tert-OH is 2. The summed E-state index contributed by atoms with van der Waals surface area (Å²) in [6.45, 7) is 5.74. The van der Waals surface area contributed by atoms with E-state index in [-0.39, 0.29) is 29.7 Å². The van der Waals surface area contributed by atoms with E-state index >= 15 is 0 Å². The van der Waals surface area contributed by atoms with Gasteiger partial charge in [0.05, 0.1) is 12.7 Å². The average Bonchev–Trinajstić information content (AvgIpc) is 2.97. The van der Waals surface area contributed by atoms with Crippen LogP contribution in [0.25, 0.3) is 16.9 Å². The van der Waals surface area contributed by atoms with Gasteiger partial charge in [0, 0.05) is 42.6 Å². The first-order valence-corrected chi connectivity index (χ1v) is 15.1. The molecule has 1 amide bonds. The number of fused-ring (bicyclic) bond motifs is 3. The molecule has 11 heteroatoms. The van der Waals surface area contributed by atoms with E-state index in [0.717, 1.165) is 24.2 Å². The number of aromatic hydroxyl groups is 1. The number of phenolic OH excluding ortho intramolecular Hbond substituents is 1. The van der Waals surface area contributed by atoms with Gasteiger partial charge in [-0.15, -0.1) is 0 Å². The Morgan fingerprint density at radius 1 is 1.13 bits per heavy atom. The summed E-state index contributed by atoms with van der Waals surface area (Å²) in [5.74, 6) is -7.40. The minimum atomic E-state index is -2.64. The lowest BCUT2D eigenvalue weighted by Crippen LogP contribution is -2.62. The molecule has 2 aromatic rings. The molecule has 5 rings (SSSR count). The molecule has 0 unspecified atom stereocenters. The molecule has 0 spiro atoms. The maximum atomic E-state index is 14.1. The van der Waals surface area contributed by atoms with Crippen LogP contribution in [0.4, 0.5) is 0 Å². The highest BCUT2D eigenvalue weighted by atomic mass is 16.5. The predicted molar refractivity (Wildman–Crippen MR) is 167 cm³/mol. The number of hydrogen-bond acceptors (Lipinski definition) is 10. The van der Waals surface area contributed by atoms with Crippen molar-refractivity contribution in [3.63, 3.8) is 0 Å². The van der Waals surface area contributed by atoms with Gasteiger partial charge < -0.3 is 41.1 Å². The van der Waals surface area contributed by atoms with E-state index in [4.69, 9.17) is 10.5 Å². The van der Waals surface area contributed by atoms with Crippen LogP contribution in [0, 0.1) is 23.7 Å². The third-order valence-corrected chi connectivity index (χ3v) is 9.47. The van der Waals surface area contributed by atoms with Gasteiger partial charge in [-0.3, -0.25) is 14.4 Å². The zero-order valence-corrected chi connectivity index (χ0v) is 26.2. The molecule has 11 nitrogen and oxygen atoms in total. The Bertz CT molecular complexity index is 1640. The Morgan fingerprint density at radius 2 is 1.84 bits per heavy atom. The monoisotopic (exact) mass is 619 g/mol. The topological polar surface area (TPSA) is 183 Å². The molecule has 3 aliphatic rings. The maximum Gasteiger partial charge on any atom is 0.255 e. The number of likely N-dealkylation sites (N-methyl/N-ethyl adjacent to an activating group) is 1. The number of primary amides is 1. The van der Waals surface area contributed by atoms with Gasteiger partial charge in [-0.1, -0.05) is 26.0 Å². The summed E-state index contributed by atoms with van der Waals surface area (Å²) >= 11 is 0. The number of benzene rings is 2. The first kappa shape index (κ1) is 32.2. The van der Waals surface area contributed by atoms with Gasteiger partial charge in [-0.25, -0.2) is 0 Å². The molecule has 7 N–H and O–H groups in total. The number of aliphatic hydroxyl groups is 3. The van der Waals surface area contributed by atoms with Crippen molar-refractivity contribution >= 4 is 23.2 Å². The number of nitrogens with two attached hydrogens (primary N) is 1. The normalized spacial score (nSPS) is 24.6. The molecule has 3 aliphatic carbocycles. The Hall–Kier alpha value is -4.19. The smallest absolute Gasteiger partial charge is 0.255 e. The molecule has 0 bridgehead atoms. The van der Waals surface area contributed by atoms with Crippen molar-refractivity contribution in [1.29, 1.82) is 0 Å². The second-order valence-electron chi connectivity index (χ2n) is 12.8. The van der Waals surface area contributed by atoms with E-state index in [2.05, 4.69) is 10.2 Å². The van der Waals surface area contributed by atoms with Crippen molar-refractivity contribution < 1.29 is 39.5 Å². The Labute approximate surface area is 262 Å². The molecule has 45 heavy (non-hydrogen) atoms. The van der Waals surface area contributed by atoms with Crippen LogP contribution in [0.1, 0.15) is 37.0 Å². The lowest BCUT2D eigenvalue weighted by atomic mass is 9.54. The number of carbonyl (C=O) groups excluding carboxylic acids is 3. The predicted octanol–water partition coefficient (Wildman–Crippen LogP) is 2.63. The largest absolute Gasteiger partial charge is 0.508 e. The number of carbonyl (C=O) groups is 3. The third-order valence-electron chi connectivity index (χ3n) is 9.47. The maximum absolute atomic E-state index is 14.1. The molecule has 0 heterocycles. The zero-order chi connectivity index (χ0) is 33.0. The van der Waals surface area contributed by atoms with E-state index in [9.17, 15) is 34.8 Å². The number of ketones is 2. The summed E-state index contributed by atoms with van der Waals surface area (Å²) in [5, 5.41) is 48.9. The van der Waals surface area contributed by atoms with Gasteiger partial charge in [-0.05, 0) is 73.7 Å². The summed E-state index contributed by atoms with van der Waals surface area (Å²) in [4.78, 5) is 41.8. The number of hydrogen-bond donors (Lipinski definition) is 6. The quantitative estimate of drug-likeness (QED) is 0.180. The number of amides is 1. The van der Waals surface area contributed by atoms with Gasteiger partial charge in [0.2, 0.25) is 5.78 Å². The molecular weight excluding hydrogens is 578 g/mol. The molecule has 0 radical (unpaired) electrons. The van der Waals surface area contributed by atoms with Crippen molar-refractivity contribution in [3.8, 4) is 22.6 Å². The molecular formula is C34H41N3O8. The highest BCUT2D eigenvalue weighted by molar-refractivity contribution is 6.23. The number of nitrogens with zero attached hydrogens (tertiary/aromatic N) is 1. The number of Topliss-reactive ketones (excluding diaryl/α,β-unsaturated/α-hetero) is 2. The first-order chi connectivity index (χ1) is 21.2. The van der Waals surface area contributed by atoms with Crippen LogP contribution in [0.15, 0.2) is 47.2 Å². The number of nitrogens with one attached hydrogen (secondary N) is 1. The molecule has 1 saturated carbocycles. The number of ether oxygens (including phenoxy) is 1. The number of rotatable bonds is 9. The summed E-state index contributed by atoms with van der Waals surface area (Å²) in [5.41, 5.74) is 4.83. The van der Waals surface area contributed by atoms with Crippen LogP contribution in [0.5, 0.6) is 11.5 Å². The standard InChI is InChI=1S/C34H41N3O8/c1-16(2)25-22-14-18-13-21-19(20-12-17(6-9-24(20)45-5)15-36-10-11-37(3)4)7-8-23(38)27(21)30(40)26(18)31(41)34(22,44)32(42)28(29(25)39)33(35)43/h6-9,12,16,18,22,25,36,38,40,42,44H,10-11,13-15H2,1-5H3,(H2,35,43)/t18-,22-,25-,34-/m0/s1. The molecule has 0 saturated heterocycles. The lowest BCUT2D eigenvalue weighted by Gasteiger charge is -2.50. The molecule has 240 valence electrons. The van der Waals surface area contributed by atoms with Crippen LogP contribution >= 0.6 is 0 Å². The Morgan fingerprint density at radius 3 is 2.47 bits per heavy atom. The molecule has 4 atom stereocenters. The Balaban J connectivity index is 1.64. The van der Waals surface area contributed by atoms with E-state index in [0.29, 0.717) is 23.4 Å². The summed E-state index contributed by atoms with van der Waals surface area (Å²) in [6.07, 6.45) is 0.241. The minimum Gasteiger partial charge on any atom is -0.508 e. The third kappa shape index (κ3) is 5.18. The first-order valence-electron chi connectivity index (χ1n) is 15.1. The highest BCUT2D eigenvalue weighted by Crippen LogP contribution is 2.55. The second-order valence-corrected chi connectivity index (χ2v) is 12.8. The highest BCUT2D eigenvalue weighted by Gasteiger charge is 2.64. The van der Waals surface area contributed by atoms with Crippen molar-refractivity contribution in [2.75, 3.05) is 34.3 Å². The summed E-state index contributed by atoms with van der Waals surface area (Å²) in [6, 6.07) is 8.97. The van der Waals surface area contributed by atoms with Crippen molar-refractivity contribution in [1.82, 2.24) is 10.2 Å². The zero-order valence-electron chi connectivity index (χ0n) is 26.2. The van der Waals surface area contributed by atoms with Gasteiger partial charge in [0.15, 0.2) is 11.4 Å². The van der Waals surface area contributed by atoms with Crippen molar-refractivity contribution in [2.24, 2.45) is 29.4 Å². The minimum absolute atomic E-state index is 0.0385. The lowest BCUT2D eigenvalue weighted by molar-refractivity contribution is -0.155. The molecule has 0 aliphatic heterocycles. The fourth-order valence-electron chi connectivity index (χ4n) is 7.35. The molecule has 0 aromatic heterocycles. The SMILES string of the molecule is COc1ccc(CNCCN(C)C)cc1-c1ccc(O)c2c1C[C@H]1C[C@H]3[C@H](C(C)C)C(=O)C(C(N)=O)=C(O)[C@@]3(O)C(=O)C1=C2O. The fraction of sp³-hybridized carbons (Fsp3) is 0.441. The fourth-order valence-corrected chi connectivity index (χ4v) is 7.35. The van der Waals surface area contributed by atoms with Gasteiger partial charge in [0.25, 0.3) is 5.91 Å². The van der Waals surface area contributed by atoms with Crippen LogP contribution in [0.2, 0.25) is 0 Å². The molecule has 2 aromatic carbocycles. The van der Waals surface area contributed by atoms with Crippen LogP contribution < -0.4 is 15.8 Å². The summed E-state index contributed by atoms with van der Waals surface area (Å²) < 4.78 is 5.70. The van der Waals surface area contributed by atoms with Crippen molar-refractivity contribution in [2.45, 2.75) is 38.8 Å². The van der Waals surface area contributed by atoms with Crippen LogP contribution in [0.3, 0.4) is 0 Å². The Kier molecular flexibility index (Phi) is 8.56. The van der Waals surface area contributed by atoms with Crippen LogP contribution in [-0.2, 0) is 27.3 Å². The van der Waals surface area contributed by atoms with E-state index < -0.39 is 63.8 Å². The van der Waals surface area contributed by atoms with Gasteiger partial charge >= 0.3 is 0 Å². The van der Waals surface area contributed by atoms with E-state index in [1.807, 2.05) is 32.3 Å².